The standard InChI is InChI=1S/C33H53N3O8/c1-24(23-42-32(40)36-17-9-12-27(36)22-37)10-8-11-25(2)30-26(3)14-15-28(33(4,41)16-7-6-13-29(38)44-30)43-31(39)35-20-18-34(5)19-21-35/h8,10-11,14-15,24,26-28,30,37,41H,6-7,9,12-13,16-23H2,1-5H3/b10-8+,15-14+,25-11+/t24?,26-,27+,28-,30+,33-/m0/s1. The number of hydrogen-bond donors (Lipinski definition) is 2. The Hall–Kier alpha value is -2.89. The van der Waals surface area contributed by atoms with Crippen LogP contribution in [-0.4, -0.2) is 120 Å². The van der Waals surface area contributed by atoms with E-state index in [0.29, 0.717) is 38.9 Å². The molecule has 3 aliphatic rings. The third-order valence-corrected chi connectivity index (χ3v) is 8.78. The summed E-state index contributed by atoms with van der Waals surface area (Å²) in [4.78, 5) is 43.5. The van der Waals surface area contributed by atoms with Crippen molar-refractivity contribution < 1.29 is 38.8 Å². The van der Waals surface area contributed by atoms with Gasteiger partial charge in [0.05, 0.1) is 19.3 Å². The zero-order valence-corrected chi connectivity index (χ0v) is 27.2. The molecule has 11 heteroatoms. The van der Waals surface area contributed by atoms with Crippen LogP contribution in [0.3, 0.4) is 0 Å². The summed E-state index contributed by atoms with van der Waals surface area (Å²) in [5, 5.41) is 20.8. The maximum atomic E-state index is 13.0. The van der Waals surface area contributed by atoms with Gasteiger partial charge in [-0.25, -0.2) is 9.59 Å². The number of aliphatic hydroxyl groups is 2. The lowest BCUT2D eigenvalue weighted by molar-refractivity contribution is -0.149. The first-order chi connectivity index (χ1) is 20.9. The van der Waals surface area contributed by atoms with Crippen LogP contribution in [-0.2, 0) is 19.0 Å². The number of allylic oxidation sites excluding steroid dienone is 2. The number of aliphatic hydroxyl groups excluding tert-OH is 1. The first kappa shape index (κ1) is 35.6. The molecule has 3 aliphatic heterocycles. The molecule has 3 heterocycles. The number of piperazine rings is 1. The molecule has 11 nitrogen and oxygen atoms in total. The second-order valence-electron chi connectivity index (χ2n) is 12.8. The van der Waals surface area contributed by atoms with Gasteiger partial charge in [0.2, 0.25) is 0 Å². The van der Waals surface area contributed by atoms with Crippen LogP contribution in [0.1, 0.15) is 66.2 Å². The molecule has 0 aliphatic carbocycles. The van der Waals surface area contributed by atoms with E-state index in [-0.39, 0.29) is 43.5 Å². The van der Waals surface area contributed by atoms with Gasteiger partial charge in [-0.1, -0.05) is 38.2 Å². The van der Waals surface area contributed by atoms with Gasteiger partial charge >= 0.3 is 18.2 Å². The summed E-state index contributed by atoms with van der Waals surface area (Å²) in [5.41, 5.74) is -0.466. The summed E-state index contributed by atoms with van der Waals surface area (Å²) >= 11 is 0. The largest absolute Gasteiger partial charge is 0.457 e. The molecule has 0 radical (unpaired) electrons. The first-order valence-electron chi connectivity index (χ1n) is 16.0. The quantitative estimate of drug-likeness (QED) is 0.189. The number of likely N-dealkylation sites (N-methyl/N-ethyl adjacent to an activating group) is 1. The van der Waals surface area contributed by atoms with Crippen molar-refractivity contribution in [2.24, 2.45) is 11.8 Å². The highest BCUT2D eigenvalue weighted by atomic mass is 16.6. The molecule has 2 amide bonds. The molecule has 2 saturated heterocycles. The lowest BCUT2D eigenvalue weighted by Crippen LogP contribution is -2.50. The van der Waals surface area contributed by atoms with Crippen molar-refractivity contribution in [3.63, 3.8) is 0 Å². The van der Waals surface area contributed by atoms with Gasteiger partial charge in [-0.05, 0) is 64.6 Å². The Balaban J connectivity index is 1.66. The lowest BCUT2D eigenvalue weighted by Gasteiger charge is -2.36. The highest BCUT2D eigenvalue weighted by Crippen LogP contribution is 2.27. The minimum Gasteiger partial charge on any atom is -0.457 e. The van der Waals surface area contributed by atoms with E-state index in [4.69, 9.17) is 14.2 Å². The first-order valence-corrected chi connectivity index (χ1v) is 16.0. The molecule has 0 spiro atoms. The average Bonchev–Trinajstić information content (AvgIpc) is 3.47. The third-order valence-electron chi connectivity index (χ3n) is 8.78. The van der Waals surface area contributed by atoms with Crippen LogP contribution in [0.25, 0.3) is 0 Å². The van der Waals surface area contributed by atoms with Crippen molar-refractivity contribution in [2.45, 2.75) is 90.1 Å². The summed E-state index contributed by atoms with van der Waals surface area (Å²) in [6.07, 6.45) is 10.4. The molecule has 0 aromatic heterocycles. The molecule has 6 atom stereocenters. The van der Waals surface area contributed by atoms with Crippen LogP contribution in [0.5, 0.6) is 0 Å². The van der Waals surface area contributed by atoms with Gasteiger partial charge in [-0.15, -0.1) is 0 Å². The van der Waals surface area contributed by atoms with Gasteiger partial charge < -0.3 is 39.1 Å². The Morgan fingerprint density at radius 3 is 2.57 bits per heavy atom. The molecule has 3 rings (SSSR count). The number of amides is 2. The number of carbonyl (C=O) groups is 3. The van der Waals surface area contributed by atoms with Crippen LogP contribution in [0.4, 0.5) is 9.59 Å². The van der Waals surface area contributed by atoms with Crippen molar-refractivity contribution in [3.05, 3.63) is 36.0 Å². The maximum absolute atomic E-state index is 13.0. The van der Waals surface area contributed by atoms with Crippen molar-refractivity contribution in [1.29, 1.82) is 0 Å². The topological polar surface area (TPSA) is 129 Å². The van der Waals surface area contributed by atoms with Gasteiger partial charge in [0.15, 0.2) is 6.10 Å². The average molecular weight is 620 g/mol. The van der Waals surface area contributed by atoms with Crippen LogP contribution in [0.15, 0.2) is 36.0 Å². The Morgan fingerprint density at radius 1 is 1.14 bits per heavy atom. The van der Waals surface area contributed by atoms with Crippen LogP contribution < -0.4 is 0 Å². The van der Waals surface area contributed by atoms with Gasteiger partial charge in [-0.2, -0.15) is 0 Å². The molecule has 2 fully saturated rings. The number of cyclic esters (lactones) is 1. The normalized spacial score (nSPS) is 31.2. The third kappa shape index (κ3) is 10.6. The number of ether oxygens (including phenoxy) is 3. The number of esters is 1. The fraction of sp³-hybridized carbons (Fsp3) is 0.727. The smallest absolute Gasteiger partial charge is 0.410 e. The summed E-state index contributed by atoms with van der Waals surface area (Å²) in [7, 11) is 2.02. The molecule has 1 unspecified atom stereocenters. The second kappa shape index (κ2) is 17.0. The zero-order chi connectivity index (χ0) is 32.3. The summed E-state index contributed by atoms with van der Waals surface area (Å²) < 4.78 is 17.3. The van der Waals surface area contributed by atoms with E-state index in [1.807, 2.05) is 52.1 Å². The van der Waals surface area contributed by atoms with E-state index in [1.54, 1.807) is 22.8 Å². The predicted molar refractivity (Wildman–Crippen MR) is 167 cm³/mol. The number of nitrogens with zero attached hydrogens (tertiary/aromatic N) is 3. The van der Waals surface area contributed by atoms with E-state index in [2.05, 4.69) is 4.90 Å². The second-order valence-corrected chi connectivity index (χ2v) is 12.8. The molecular formula is C33H53N3O8. The minimum absolute atomic E-state index is 0.0488. The minimum atomic E-state index is -1.29. The Morgan fingerprint density at radius 2 is 1.86 bits per heavy atom. The molecular weight excluding hydrogens is 566 g/mol. The molecule has 0 saturated carbocycles. The van der Waals surface area contributed by atoms with E-state index >= 15 is 0 Å². The number of likely N-dealkylation sites (tertiary alicyclic amines) is 1. The lowest BCUT2D eigenvalue weighted by atomic mass is 9.89. The molecule has 0 aromatic carbocycles. The Kier molecular flexibility index (Phi) is 13.7. The van der Waals surface area contributed by atoms with E-state index < -0.39 is 30.0 Å². The van der Waals surface area contributed by atoms with Gasteiger partial charge in [0.1, 0.15) is 11.7 Å². The monoisotopic (exact) mass is 619 g/mol. The SMILES string of the molecule is C/C(=C\C=C\C(C)COC(=O)N1CCC[C@@H]1CO)[C@H]1OC(=O)CCCC[C@](C)(O)[C@@H](OC(=O)N2CCN(C)CC2)/C=C/[C@@H]1C. The van der Waals surface area contributed by atoms with E-state index in [0.717, 1.165) is 31.5 Å². The maximum Gasteiger partial charge on any atom is 0.410 e. The fourth-order valence-electron chi connectivity index (χ4n) is 5.73. The van der Waals surface area contributed by atoms with Crippen LogP contribution in [0, 0.1) is 11.8 Å². The predicted octanol–water partition coefficient (Wildman–Crippen LogP) is 3.90. The number of rotatable bonds is 7. The van der Waals surface area contributed by atoms with E-state index in [9.17, 15) is 24.6 Å². The van der Waals surface area contributed by atoms with Crippen LogP contribution >= 0.6 is 0 Å². The van der Waals surface area contributed by atoms with Crippen molar-refractivity contribution in [3.8, 4) is 0 Å². The van der Waals surface area contributed by atoms with Crippen molar-refractivity contribution in [2.75, 3.05) is 53.0 Å². The van der Waals surface area contributed by atoms with Crippen molar-refractivity contribution >= 4 is 18.2 Å². The van der Waals surface area contributed by atoms with Gasteiger partial charge in [0.25, 0.3) is 0 Å². The Bertz CT molecular complexity index is 1050. The summed E-state index contributed by atoms with van der Waals surface area (Å²) in [6, 6.07) is -0.172. The van der Waals surface area contributed by atoms with Gasteiger partial charge in [0, 0.05) is 51.0 Å². The highest BCUT2D eigenvalue weighted by molar-refractivity contribution is 5.70. The molecule has 0 aromatic rings. The van der Waals surface area contributed by atoms with Crippen LogP contribution in [0.2, 0.25) is 0 Å². The molecule has 2 N–H and O–H groups in total. The molecule has 0 bridgehead atoms. The highest BCUT2D eigenvalue weighted by Gasteiger charge is 2.36. The Labute approximate surface area is 262 Å². The van der Waals surface area contributed by atoms with Gasteiger partial charge in [-0.3, -0.25) is 4.79 Å². The van der Waals surface area contributed by atoms with E-state index in [1.165, 1.54) is 0 Å². The molecule has 44 heavy (non-hydrogen) atoms. The molecule has 248 valence electrons. The zero-order valence-electron chi connectivity index (χ0n) is 27.2. The summed E-state index contributed by atoms with van der Waals surface area (Å²) in [5.74, 6) is -0.608. The number of hydrogen-bond acceptors (Lipinski definition) is 9. The van der Waals surface area contributed by atoms with Crippen molar-refractivity contribution in [1.82, 2.24) is 14.7 Å². The number of carbonyl (C=O) groups excluding carboxylic acids is 3. The fourth-order valence-corrected chi connectivity index (χ4v) is 5.73. The summed E-state index contributed by atoms with van der Waals surface area (Å²) in [6.45, 7) is 10.9.